The lowest BCUT2D eigenvalue weighted by Gasteiger charge is -2.10. The van der Waals surface area contributed by atoms with E-state index in [1.54, 1.807) is 31.2 Å². The van der Waals surface area contributed by atoms with E-state index in [4.69, 9.17) is 14.3 Å². The average Bonchev–Trinajstić information content (AvgIpc) is 3.16. The molecule has 0 aliphatic heterocycles. The molecule has 16 heteroatoms. The first-order valence-electron chi connectivity index (χ1n) is 9.94. The number of aromatic amines is 1. The number of halogens is 4. The molecule has 0 aliphatic rings. The molecule has 37 heavy (non-hydrogen) atoms. The van der Waals surface area contributed by atoms with Crippen molar-refractivity contribution >= 4 is 50.0 Å². The van der Waals surface area contributed by atoms with E-state index in [1.807, 2.05) is 0 Å². The fourth-order valence-corrected chi connectivity index (χ4v) is 3.55. The number of rotatable bonds is 5. The molecule has 0 unspecified atom stereocenters. The number of carboxylic acids is 1. The van der Waals surface area contributed by atoms with Crippen LogP contribution in [0.5, 0.6) is 0 Å². The number of sulfone groups is 1. The van der Waals surface area contributed by atoms with Gasteiger partial charge in [-0.25, -0.2) is 27.4 Å². The van der Waals surface area contributed by atoms with Crippen LogP contribution >= 0.6 is 0 Å². The maximum atomic E-state index is 14.3. The number of oxazole rings is 1. The molecule has 0 atom stereocenters. The van der Waals surface area contributed by atoms with Crippen molar-refractivity contribution < 1.29 is 40.3 Å². The third-order valence-corrected chi connectivity index (χ3v) is 5.58. The van der Waals surface area contributed by atoms with Crippen molar-refractivity contribution in [3.63, 3.8) is 0 Å². The van der Waals surface area contributed by atoms with Crippen LogP contribution in [-0.2, 0) is 14.6 Å². The lowest BCUT2D eigenvalue weighted by Crippen LogP contribution is -2.21. The van der Waals surface area contributed by atoms with Gasteiger partial charge in [0.2, 0.25) is 5.95 Å². The SMILES string of the molecule is Cc1cc(Nc2nc(Nc3cccc(S(C)(=O)=O)c3)ncc2F)cc2[nH]c(=O)oc12.O=C(O)C(F)(F)F. The van der Waals surface area contributed by atoms with E-state index in [2.05, 4.69) is 25.6 Å². The Kier molecular flexibility index (Phi) is 7.52. The normalized spacial score (nSPS) is 11.5. The molecule has 2 heterocycles. The number of carbonyl (C=O) groups is 1. The van der Waals surface area contributed by atoms with Crippen molar-refractivity contribution in [2.75, 3.05) is 16.9 Å². The van der Waals surface area contributed by atoms with Gasteiger partial charge in [-0.15, -0.1) is 0 Å². The molecule has 2 aromatic heterocycles. The number of hydrogen-bond acceptors (Lipinski definition) is 9. The number of aryl methyl sites for hydroxylation is 1. The number of aromatic nitrogens is 3. The summed E-state index contributed by atoms with van der Waals surface area (Å²) in [7, 11) is -3.38. The van der Waals surface area contributed by atoms with Gasteiger partial charge >= 0.3 is 17.9 Å². The zero-order valence-electron chi connectivity index (χ0n) is 18.8. The van der Waals surface area contributed by atoms with Crippen LogP contribution in [-0.4, -0.2) is 46.9 Å². The Labute approximate surface area is 205 Å². The first-order valence-corrected chi connectivity index (χ1v) is 11.8. The molecule has 0 amide bonds. The predicted molar refractivity (Wildman–Crippen MR) is 123 cm³/mol. The van der Waals surface area contributed by atoms with Gasteiger partial charge in [0.1, 0.15) is 0 Å². The maximum Gasteiger partial charge on any atom is 0.490 e. The van der Waals surface area contributed by atoms with Crippen LogP contribution in [0.1, 0.15) is 5.56 Å². The van der Waals surface area contributed by atoms with Crippen molar-refractivity contribution in [3.8, 4) is 0 Å². The van der Waals surface area contributed by atoms with Crippen LogP contribution in [0.25, 0.3) is 11.1 Å². The van der Waals surface area contributed by atoms with Crippen LogP contribution in [0.3, 0.4) is 0 Å². The van der Waals surface area contributed by atoms with Crippen LogP contribution in [0.2, 0.25) is 0 Å². The molecule has 11 nitrogen and oxygen atoms in total. The van der Waals surface area contributed by atoms with E-state index in [0.717, 1.165) is 12.5 Å². The zero-order chi connectivity index (χ0) is 27.5. The van der Waals surface area contributed by atoms with E-state index in [0.29, 0.717) is 28.0 Å². The lowest BCUT2D eigenvalue weighted by molar-refractivity contribution is -0.192. The Balaban J connectivity index is 0.000000479. The molecule has 0 aliphatic carbocycles. The average molecular weight is 543 g/mol. The van der Waals surface area contributed by atoms with E-state index in [1.165, 1.54) is 12.1 Å². The minimum absolute atomic E-state index is 0.0686. The Hall–Kier alpha value is -4.47. The number of aliphatic carboxylic acids is 1. The molecule has 0 radical (unpaired) electrons. The van der Waals surface area contributed by atoms with Crippen LogP contribution in [0.15, 0.2) is 56.7 Å². The van der Waals surface area contributed by atoms with E-state index < -0.39 is 33.6 Å². The molecule has 0 fully saturated rings. The highest BCUT2D eigenvalue weighted by molar-refractivity contribution is 7.90. The number of benzene rings is 2. The summed E-state index contributed by atoms with van der Waals surface area (Å²) < 4.78 is 74.5. The van der Waals surface area contributed by atoms with Crippen LogP contribution < -0.4 is 16.4 Å². The van der Waals surface area contributed by atoms with E-state index in [-0.39, 0.29) is 16.7 Å². The highest BCUT2D eigenvalue weighted by atomic mass is 32.2. The van der Waals surface area contributed by atoms with E-state index in [9.17, 15) is 30.8 Å². The monoisotopic (exact) mass is 543 g/mol. The van der Waals surface area contributed by atoms with Gasteiger partial charge in [-0.05, 0) is 42.8 Å². The van der Waals surface area contributed by atoms with E-state index >= 15 is 0 Å². The van der Waals surface area contributed by atoms with Crippen molar-refractivity contribution in [1.82, 2.24) is 15.0 Å². The number of alkyl halides is 3. The van der Waals surface area contributed by atoms with Gasteiger partial charge in [-0.2, -0.15) is 18.2 Å². The molecule has 4 N–H and O–H groups in total. The molecular formula is C21H17F4N5O6S. The number of nitrogens with zero attached hydrogens (tertiary/aromatic N) is 2. The zero-order valence-corrected chi connectivity index (χ0v) is 19.7. The van der Waals surface area contributed by atoms with Gasteiger partial charge in [0, 0.05) is 17.6 Å². The summed E-state index contributed by atoms with van der Waals surface area (Å²) in [6.07, 6.45) is -2.99. The smallest absolute Gasteiger partial charge is 0.475 e. The van der Waals surface area contributed by atoms with Crippen molar-refractivity contribution in [1.29, 1.82) is 0 Å². The molecule has 2 aromatic carbocycles. The lowest BCUT2D eigenvalue weighted by atomic mass is 10.2. The third kappa shape index (κ3) is 7.03. The Morgan fingerprint density at radius 1 is 1.14 bits per heavy atom. The summed E-state index contributed by atoms with van der Waals surface area (Å²) in [6, 6.07) is 9.40. The summed E-state index contributed by atoms with van der Waals surface area (Å²) in [6.45, 7) is 1.75. The van der Waals surface area contributed by atoms with Crippen LogP contribution in [0.4, 0.5) is 40.7 Å². The molecule has 0 saturated carbocycles. The number of hydrogen-bond donors (Lipinski definition) is 4. The van der Waals surface area contributed by atoms with Gasteiger partial charge < -0.3 is 20.2 Å². The number of anilines is 4. The van der Waals surface area contributed by atoms with Crippen molar-refractivity contribution in [2.45, 2.75) is 18.0 Å². The summed E-state index contributed by atoms with van der Waals surface area (Å²) in [5.41, 5.74) is 2.48. The summed E-state index contributed by atoms with van der Waals surface area (Å²) in [5, 5.41) is 12.8. The molecule has 4 aromatic rings. The van der Waals surface area contributed by atoms with Gasteiger partial charge in [-0.1, -0.05) is 6.07 Å². The minimum atomic E-state index is -5.08. The van der Waals surface area contributed by atoms with Crippen molar-refractivity contribution in [2.24, 2.45) is 0 Å². The minimum Gasteiger partial charge on any atom is -0.475 e. The van der Waals surface area contributed by atoms with Gasteiger partial charge in [0.05, 0.1) is 16.6 Å². The maximum absolute atomic E-state index is 14.3. The van der Waals surface area contributed by atoms with Crippen molar-refractivity contribution in [3.05, 3.63) is 64.5 Å². The number of carboxylic acid groups (broad SMARTS) is 1. The fraction of sp³-hybridized carbons (Fsp3) is 0.143. The van der Waals surface area contributed by atoms with Gasteiger partial charge in [-0.3, -0.25) is 4.98 Å². The second kappa shape index (κ2) is 10.3. The second-order valence-electron chi connectivity index (χ2n) is 7.43. The number of nitrogens with one attached hydrogen (secondary N) is 3. The molecule has 4 rings (SSSR count). The summed E-state index contributed by atoms with van der Waals surface area (Å²) in [4.78, 5) is 31.0. The quantitative estimate of drug-likeness (QED) is 0.271. The Bertz CT molecular complexity index is 1630. The molecule has 0 saturated heterocycles. The highest BCUT2D eigenvalue weighted by Crippen LogP contribution is 2.26. The third-order valence-electron chi connectivity index (χ3n) is 4.47. The molecule has 196 valence electrons. The first kappa shape index (κ1) is 27.1. The topological polar surface area (TPSA) is 167 Å². The number of H-pyrrole nitrogens is 1. The fourth-order valence-electron chi connectivity index (χ4n) is 2.89. The standard InChI is InChI=1S/C19H16FN5O4S.C2HF3O2/c1-10-6-12(8-15-16(10)29-19(26)24-15)22-17-14(20)9-21-18(25-17)23-11-4-3-5-13(7-11)30(2,27)28;3-2(4,5)1(6)7/h3-9H,1-2H3,(H,24,26)(H2,21,22,23,25);(H,6,7). The van der Waals surface area contributed by atoms with Crippen LogP contribution in [0, 0.1) is 12.7 Å². The van der Waals surface area contributed by atoms with Gasteiger partial charge in [0.25, 0.3) is 0 Å². The Morgan fingerprint density at radius 2 is 1.81 bits per heavy atom. The van der Waals surface area contributed by atoms with Gasteiger partial charge in [0.15, 0.2) is 27.1 Å². The summed E-state index contributed by atoms with van der Waals surface area (Å²) in [5.74, 6) is -4.06. The second-order valence-corrected chi connectivity index (χ2v) is 9.44. The first-order chi connectivity index (χ1) is 17.1. The number of fused-ring (bicyclic) bond motifs is 1. The largest absolute Gasteiger partial charge is 0.490 e. The molecule has 0 spiro atoms. The molecule has 0 bridgehead atoms. The Morgan fingerprint density at radius 3 is 2.43 bits per heavy atom. The molecular weight excluding hydrogens is 526 g/mol. The highest BCUT2D eigenvalue weighted by Gasteiger charge is 2.38. The summed E-state index contributed by atoms with van der Waals surface area (Å²) >= 11 is 0. The predicted octanol–water partition coefficient (Wildman–Crippen LogP) is 3.88.